The zero-order valence-electron chi connectivity index (χ0n) is 16.9. The summed E-state index contributed by atoms with van der Waals surface area (Å²) in [6.07, 6.45) is 1.35. The number of rotatable bonds is 8. The van der Waals surface area contributed by atoms with Crippen molar-refractivity contribution >= 4 is 45.2 Å². The largest absolute Gasteiger partial charge is 0.493 e. The van der Waals surface area contributed by atoms with E-state index in [-0.39, 0.29) is 17.2 Å². The fourth-order valence-electron chi connectivity index (χ4n) is 2.69. The minimum Gasteiger partial charge on any atom is -0.493 e. The lowest BCUT2D eigenvalue weighted by atomic mass is 10.2. The molecule has 1 N–H and O–H groups in total. The second kappa shape index (κ2) is 10.3. The van der Waals surface area contributed by atoms with E-state index in [1.54, 1.807) is 42.5 Å². The molecule has 168 valence electrons. The number of nitro benzene ring substituents is 2. The van der Waals surface area contributed by atoms with Crippen LogP contribution in [0.25, 0.3) is 0 Å². The number of benzene rings is 3. The predicted octanol–water partition coefficient (Wildman–Crippen LogP) is 4.94. The highest BCUT2D eigenvalue weighted by molar-refractivity contribution is 9.10. The third-order valence-electron chi connectivity index (χ3n) is 4.24. The first-order valence-corrected chi connectivity index (χ1v) is 9.96. The number of carbonyl (C=O) groups excluding carboxylic acids is 1. The van der Waals surface area contributed by atoms with Gasteiger partial charge in [0.25, 0.3) is 5.69 Å². The third-order valence-corrected chi connectivity index (χ3v) is 4.83. The van der Waals surface area contributed by atoms with Crippen molar-refractivity contribution in [3.63, 3.8) is 0 Å². The van der Waals surface area contributed by atoms with Crippen LogP contribution in [0.15, 0.2) is 70.2 Å². The summed E-state index contributed by atoms with van der Waals surface area (Å²) in [6.45, 7) is 0. The predicted molar refractivity (Wildman–Crippen MR) is 123 cm³/mol. The second-order valence-electron chi connectivity index (χ2n) is 6.38. The van der Waals surface area contributed by atoms with Gasteiger partial charge in [0.2, 0.25) is 0 Å². The second-order valence-corrected chi connectivity index (χ2v) is 7.23. The molecule has 0 aliphatic heterocycles. The number of nitrogens with one attached hydrogen (secondary N) is 1. The molecular weight excluding hydrogens is 500 g/mol. The average Bonchev–Trinajstić information content (AvgIpc) is 2.80. The van der Waals surface area contributed by atoms with Crippen LogP contribution in [0.1, 0.15) is 15.9 Å². The summed E-state index contributed by atoms with van der Waals surface area (Å²) in [5, 5.41) is 26.0. The summed E-state index contributed by atoms with van der Waals surface area (Å²) in [6, 6.07) is 14.7. The number of non-ortho nitro benzene ring substituents is 1. The third kappa shape index (κ3) is 5.68. The molecule has 0 spiro atoms. The van der Waals surface area contributed by atoms with Crippen LogP contribution in [0.5, 0.6) is 11.5 Å². The lowest BCUT2D eigenvalue weighted by Gasteiger charge is -2.12. The van der Waals surface area contributed by atoms with Crippen molar-refractivity contribution in [1.82, 2.24) is 0 Å². The van der Waals surface area contributed by atoms with Gasteiger partial charge in [-0.2, -0.15) is 5.10 Å². The fourth-order valence-corrected chi connectivity index (χ4v) is 3.24. The highest BCUT2D eigenvalue weighted by atomic mass is 79.9. The molecule has 12 heteroatoms. The number of nitrogens with zero attached hydrogens (tertiary/aromatic N) is 3. The first-order valence-electron chi connectivity index (χ1n) is 9.17. The van der Waals surface area contributed by atoms with Crippen molar-refractivity contribution < 1.29 is 24.1 Å². The van der Waals surface area contributed by atoms with Crippen molar-refractivity contribution in [2.45, 2.75) is 0 Å². The standard InChI is InChI=1S/C21H15BrN4O7/c1-32-19-10-13(9-16(22)20(19)33-21(27)14-5-3-2-4-6-14)12-23-24-17-8-7-15(25(28)29)11-18(17)26(30)31/h2-12,24H,1H3/b23-12-. The van der Waals surface area contributed by atoms with E-state index in [1.165, 1.54) is 19.4 Å². The number of carbonyl (C=O) groups is 1. The Morgan fingerprint density at radius 2 is 1.79 bits per heavy atom. The Morgan fingerprint density at radius 1 is 1.06 bits per heavy atom. The summed E-state index contributed by atoms with van der Waals surface area (Å²) >= 11 is 3.34. The van der Waals surface area contributed by atoms with Crippen LogP contribution in [-0.2, 0) is 0 Å². The van der Waals surface area contributed by atoms with Crippen molar-refractivity contribution in [2.24, 2.45) is 5.10 Å². The quantitative estimate of drug-likeness (QED) is 0.146. The van der Waals surface area contributed by atoms with Crippen LogP contribution in [0.2, 0.25) is 0 Å². The molecule has 0 heterocycles. The molecule has 3 aromatic rings. The smallest absolute Gasteiger partial charge is 0.343 e. The molecule has 0 amide bonds. The summed E-state index contributed by atoms with van der Waals surface area (Å²) in [5.74, 6) is -0.151. The molecule has 0 unspecified atom stereocenters. The first-order chi connectivity index (χ1) is 15.8. The Labute approximate surface area is 195 Å². The molecule has 3 aromatic carbocycles. The molecule has 0 radical (unpaired) electrons. The Bertz CT molecular complexity index is 1250. The lowest BCUT2D eigenvalue weighted by Crippen LogP contribution is -2.09. The minimum atomic E-state index is -0.750. The van der Waals surface area contributed by atoms with E-state index in [4.69, 9.17) is 9.47 Å². The Balaban J connectivity index is 1.81. The van der Waals surface area contributed by atoms with Crippen LogP contribution in [0.4, 0.5) is 17.1 Å². The molecule has 0 aromatic heterocycles. The number of hydrazone groups is 1. The van der Waals surface area contributed by atoms with Gasteiger partial charge < -0.3 is 9.47 Å². The summed E-state index contributed by atoms with van der Waals surface area (Å²) in [7, 11) is 1.40. The number of methoxy groups -OCH3 is 1. The zero-order valence-corrected chi connectivity index (χ0v) is 18.5. The van der Waals surface area contributed by atoms with Crippen molar-refractivity contribution in [1.29, 1.82) is 0 Å². The zero-order chi connectivity index (χ0) is 24.0. The van der Waals surface area contributed by atoms with Crippen molar-refractivity contribution in [3.05, 3.63) is 96.5 Å². The van der Waals surface area contributed by atoms with E-state index in [1.807, 2.05) is 0 Å². The Hall–Kier alpha value is -4.32. The Morgan fingerprint density at radius 3 is 2.42 bits per heavy atom. The SMILES string of the molecule is COc1cc(/C=N\Nc2ccc([N+](=O)[O-])cc2[N+](=O)[O-])cc(Br)c1OC(=O)c1ccccc1. The van der Waals surface area contributed by atoms with E-state index < -0.39 is 27.2 Å². The number of esters is 1. The van der Waals surface area contributed by atoms with Gasteiger partial charge in [-0.3, -0.25) is 25.7 Å². The number of hydrogen-bond acceptors (Lipinski definition) is 9. The maximum atomic E-state index is 12.4. The highest BCUT2D eigenvalue weighted by Gasteiger charge is 2.19. The maximum Gasteiger partial charge on any atom is 0.343 e. The lowest BCUT2D eigenvalue weighted by molar-refractivity contribution is -0.393. The van der Waals surface area contributed by atoms with Gasteiger partial charge in [0, 0.05) is 6.07 Å². The summed E-state index contributed by atoms with van der Waals surface area (Å²) in [4.78, 5) is 32.9. The van der Waals surface area contributed by atoms with E-state index in [0.717, 1.165) is 12.1 Å². The highest BCUT2D eigenvalue weighted by Crippen LogP contribution is 2.37. The number of halogens is 1. The fraction of sp³-hybridized carbons (Fsp3) is 0.0476. The molecule has 33 heavy (non-hydrogen) atoms. The van der Waals surface area contributed by atoms with Crippen LogP contribution in [0, 0.1) is 20.2 Å². The van der Waals surface area contributed by atoms with E-state index in [2.05, 4.69) is 26.5 Å². The van der Waals surface area contributed by atoms with E-state index >= 15 is 0 Å². The molecule has 0 aliphatic carbocycles. The summed E-state index contributed by atoms with van der Waals surface area (Å²) in [5.41, 5.74) is 2.44. The minimum absolute atomic E-state index is 0.0266. The van der Waals surface area contributed by atoms with Gasteiger partial charge in [0.1, 0.15) is 5.69 Å². The van der Waals surface area contributed by atoms with Crippen LogP contribution in [-0.4, -0.2) is 29.1 Å². The van der Waals surface area contributed by atoms with Gasteiger partial charge >= 0.3 is 11.7 Å². The molecule has 0 atom stereocenters. The van der Waals surface area contributed by atoms with Crippen LogP contribution >= 0.6 is 15.9 Å². The Kier molecular flexibility index (Phi) is 7.31. The molecule has 3 rings (SSSR count). The number of hydrogen-bond donors (Lipinski definition) is 1. The van der Waals surface area contributed by atoms with Gasteiger partial charge in [0.15, 0.2) is 11.5 Å². The van der Waals surface area contributed by atoms with Gasteiger partial charge in [-0.1, -0.05) is 18.2 Å². The number of anilines is 1. The van der Waals surface area contributed by atoms with Gasteiger partial charge in [-0.15, -0.1) is 0 Å². The normalized spacial score (nSPS) is 10.6. The van der Waals surface area contributed by atoms with E-state index in [9.17, 15) is 25.0 Å². The molecule has 0 saturated carbocycles. The monoisotopic (exact) mass is 514 g/mol. The molecular formula is C21H15BrN4O7. The molecule has 11 nitrogen and oxygen atoms in total. The van der Waals surface area contributed by atoms with Gasteiger partial charge in [-0.05, 0) is 51.8 Å². The molecule has 0 bridgehead atoms. The molecule has 0 saturated heterocycles. The summed E-state index contributed by atoms with van der Waals surface area (Å²) < 4.78 is 11.2. The van der Waals surface area contributed by atoms with Gasteiger partial charge in [-0.25, -0.2) is 4.79 Å². The average molecular weight is 515 g/mol. The van der Waals surface area contributed by atoms with Crippen LogP contribution in [0.3, 0.4) is 0 Å². The van der Waals surface area contributed by atoms with Crippen LogP contribution < -0.4 is 14.9 Å². The number of nitro groups is 2. The number of ether oxygens (including phenoxy) is 2. The molecule has 0 fully saturated rings. The van der Waals surface area contributed by atoms with Crippen molar-refractivity contribution in [2.75, 3.05) is 12.5 Å². The maximum absolute atomic E-state index is 12.4. The van der Waals surface area contributed by atoms with Crippen molar-refractivity contribution in [3.8, 4) is 11.5 Å². The van der Waals surface area contributed by atoms with E-state index in [0.29, 0.717) is 15.6 Å². The first kappa shape index (κ1) is 23.3. The molecule has 0 aliphatic rings. The van der Waals surface area contributed by atoms with Gasteiger partial charge in [0.05, 0.1) is 39.3 Å². The topological polar surface area (TPSA) is 146 Å².